The molecule has 3 rings (SSSR count). The minimum atomic E-state index is -2.88. The van der Waals surface area contributed by atoms with Gasteiger partial charge in [0, 0.05) is 24.3 Å². The largest absolute Gasteiger partial charge is 0.341 e. The van der Waals surface area contributed by atoms with Crippen molar-refractivity contribution in [2.45, 2.75) is 17.6 Å². The molecule has 8 heteroatoms. The van der Waals surface area contributed by atoms with Gasteiger partial charge in [0.1, 0.15) is 0 Å². The van der Waals surface area contributed by atoms with Gasteiger partial charge in [-0.15, -0.1) is 24.2 Å². The summed E-state index contributed by atoms with van der Waals surface area (Å²) >= 11 is 1.49. The lowest BCUT2D eigenvalue weighted by molar-refractivity contribution is -0.127. The minimum absolute atomic E-state index is 0. The molecule has 1 amide bonds. The van der Waals surface area contributed by atoms with Gasteiger partial charge in [0.2, 0.25) is 5.91 Å². The molecule has 2 saturated heterocycles. The van der Waals surface area contributed by atoms with Gasteiger partial charge in [0.05, 0.1) is 17.3 Å². The van der Waals surface area contributed by atoms with Gasteiger partial charge in [-0.05, 0) is 24.4 Å². The summed E-state index contributed by atoms with van der Waals surface area (Å²) in [7, 11) is -2.88. The first-order valence-corrected chi connectivity index (χ1v) is 11.2. The zero-order valence-electron chi connectivity index (χ0n) is 14.0. The van der Waals surface area contributed by atoms with E-state index in [1.165, 1.54) is 17.3 Å². The van der Waals surface area contributed by atoms with Crippen molar-refractivity contribution in [2.75, 3.05) is 36.9 Å². The highest BCUT2D eigenvalue weighted by molar-refractivity contribution is 8.02. The number of sulfone groups is 1. The number of nitrogens with zero attached hydrogens (tertiary/aromatic N) is 1. The Morgan fingerprint density at radius 1 is 1.24 bits per heavy atom. The predicted octanol–water partition coefficient (Wildman–Crippen LogP) is 1.53. The Hall–Kier alpha value is -0.760. The van der Waals surface area contributed by atoms with Crippen molar-refractivity contribution in [2.24, 2.45) is 11.7 Å². The Kier molecular flexibility index (Phi) is 7.19. The Morgan fingerprint density at radius 2 is 1.96 bits per heavy atom. The topological polar surface area (TPSA) is 80.5 Å². The average Bonchev–Trinajstić information content (AvgIpc) is 3.16. The molecule has 0 saturated carbocycles. The van der Waals surface area contributed by atoms with E-state index in [0.29, 0.717) is 31.8 Å². The van der Waals surface area contributed by atoms with E-state index in [-0.39, 0.29) is 46.9 Å². The molecule has 2 heterocycles. The Labute approximate surface area is 160 Å². The van der Waals surface area contributed by atoms with Crippen molar-refractivity contribution >= 4 is 39.9 Å². The van der Waals surface area contributed by atoms with Crippen LogP contribution >= 0.6 is 24.2 Å². The van der Waals surface area contributed by atoms with E-state index in [1.807, 2.05) is 23.1 Å². The van der Waals surface area contributed by atoms with Crippen LogP contribution in [0.15, 0.2) is 30.3 Å². The van der Waals surface area contributed by atoms with Gasteiger partial charge in [-0.3, -0.25) is 4.79 Å². The lowest BCUT2D eigenvalue weighted by atomic mass is 9.89. The molecular weight excluding hydrogens is 380 g/mol. The zero-order chi connectivity index (χ0) is 17.2. The fraction of sp³-hybridized carbons (Fsp3) is 0.588. The first-order valence-electron chi connectivity index (χ1n) is 8.33. The molecule has 1 unspecified atom stereocenters. The summed E-state index contributed by atoms with van der Waals surface area (Å²) in [6.07, 6.45) is 0.665. The van der Waals surface area contributed by atoms with Crippen molar-refractivity contribution < 1.29 is 13.2 Å². The number of carbonyl (C=O) groups is 1. The number of rotatable bonds is 5. The number of likely N-dealkylation sites (tertiary alicyclic amines) is 1. The number of carbonyl (C=O) groups excluding carboxylic acids is 1. The van der Waals surface area contributed by atoms with Crippen LogP contribution < -0.4 is 5.73 Å². The van der Waals surface area contributed by atoms with E-state index in [1.54, 1.807) is 0 Å². The van der Waals surface area contributed by atoms with Crippen LogP contribution in [-0.2, 0) is 14.6 Å². The van der Waals surface area contributed by atoms with Crippen LogP contribution in [0.1, 0.15) is 17.9 Å². The highest BCUT2D eigenvalue weighted by Gasteiger charge is 2.36. The average molecular weight is 405 g/mol. The number of amides is 1. The summed E-state index contributed by atoms with van der Waals surface area (Å²) in [5, 5.41) is 0.0665. The smallest absolute Gasteiger partial charge is 0.232 e. The number of hydrogen-bond acceptors (Lipinski definition) is 5. The molecule has 0 bridgehead atoms. The highest BCUT2D eigenvalue weighted by Crippen LogP contribution is 2.33. The maximum Gasteiger partial charge on any atom is 0.232 e. The maximum absolute atomic E-state index is 12.5. The second kappa shape index (κ2) is 8.75. The molecule has 2 fully saturated rings. The van der Waals surface area contributed by atoms with Crippen LogP contribution in [0.5, 0.6) is 0 Å². The van der Waals surface area contributed by atoms with E-state index in [0.717, 1.165) is 0 Å². The maximum atomic E-state index is 12.5. The minimum Gasteiger partial charge on any atom is -0.341 e. The van der Waals surface area contributed by atoms with Crippen LogP contribution in [0.2, 0.25) is 0 Å². The third-order valence-electron chi connectivity index (χ3n) is 4.96. The second-order valence-electron chi connectivity index (χ2n) is 6.65. The van der Waals surface area contributed by atoms with E-state index in [2.05, 4.69) is 12.1 Å². The molecule has 140 valence electrons. The van der Waals surface area contributed by atoms with Crippen LogP contribution in [0, 0.1) is 5.92 Å². The van der Waals surface area contributed by atoms with Crippen molar-refractivity contribution in [3.05, 3.63) is 35.9 Å². The molecule has 0 spiro atoms. The summed E-state index contributed by atoms with van der Waals surface area (Å²) in [5.74, 6) is 1.50. The van der Waals surface area contributed by atoms with Crippen molar-refractivity contribution in [1.29, 1.82) is 0 Å². The van der Waals surface area contributed by atoms with Gasteiger partial charge in [0.15, 0.2) is 9.84 Å². The highest BCUT2D eigenvalue weighted by atomic mass is 35.5. The Bertz CT molecular complexity index is 684. The van der Waals surface area contributed by atoms with Crippen molar-refractivity contribution in [3.63, 3.8) is 0 Å². The molecule has 3 atom stereocenters. The summed E-state index contributed by atoms with van der Waals surface area (Å²) in [5.41, 5.74) is 7.15. The molecule has 5 nitrogen and oxygen atoms in total. The number of nitrogens with two attached hydrogens (primary N) is 1. The number of halogens is 1. The van der Waals surface area contributed by atoms with E-state index in [9.17, 15) is 13.2 Å². The van der Waals surface area contributed by atoms with Crippen molar-refractivity contribution in [1.82, 2.24) is 4.90 Å². The molecule has 25 heavy (non-hydrogen) atoms. The summed E-state index contributed by atoms with van der Waals surface area (Å²) in [6, 6.07) is 10.2. The molecule has 0 aliphatic carbocycles. The first kappa shape index (κ1) is 20.6. The summed E-state index contributed by atoms with van der Waals surface area (Å²) in [4.78, 5) is 14.4. The third kappa shape index (κ3) is 5.12. The molecule has 0 aromatic heterocycles. The lowest BCUT2D eigenvalue weighted by Gasteiger charge is -2.17. The SMILES string of the molecule is Cl.NC[C@@H]1CN(C(=O)CSC2CCS(=O)(=O)C2)C[C@H]1c1ccccc1. The molecule has 1 aromatic rings. The lowest BCUT2D eigenvalue weighted by Crippen LogP contribution is -2.31. The number of thioether (sulfide) groups is 1. The standard InChI is InChI=1S/C17H24N2O3S2.ClH/c18-8-14-9-19(10-16(14)13-4-2-1-3-5-13)17(20)11-23-15-6-7-24(21,22)12-15;/h1-5,14-16H,6-12,18H2;1H/t14-,15?,16+;/m1./s1. The normalized spacial score (nSPS) is 27.9. The van der Waals surface area contributed by atoms with Crippen LogP contribution in [0.3, 0.4) is 0 Å². The number of hydrogen-bond donors (Lipinski definition) is 1. The zero-order valence-corrected chi connectivity index (χ0v) is 16.5. The molecule has 0 radical (unpaired) electrons. The molecule has 2 N–H and O–H groups in total. The molecular formula is C17H25ClN2O3S2. The van der Waals surface area contributed by atoms with Gasteiger partial charge in [0.25, 0.3) is 0 Å². The summed E-state index contributed by atoms with van der Waals surface area (Å²) < 4.78 is 23.0. The first-order chi connectivity index (χ1) is 11.5. The summed E-state index contributed by atoms with van der Waals surface area (Å²) in [6.45, 7) is 1.96. The fourth-order valence-corrected chi connectivity index (χ4v) is 7.11. The third-order valence-corrected chi connectivity index (χ3v) is 8.22. The quantitative estimate of drug-likeness (QED) is 0.804. The van der Waals surface area contributed by atoms with Gasteiger partial charge in [-0.2, -0.15) is 0 Å². The predicted molar refractivity (Wildman–Crippen MR) is 105 cm³/mol. The fourth-order valence-electron chi connectivity index (χ4n) is 3.56. The van der Waals surface area contributed by atoms with Crippen molar-refractivity contribution in [3.8, 4) is 0 Å². The van der Waals surface area contributed by atoms with Crippen LogP contribution in [0.25, 0.3) is 0 Å². The Morgan fingerprint density at radius 3 is 2.56 bits per heavy atom. The van der Waals surface area contributed by atoms with E-state index >= 15 is 0 Å². The molecule has 2 aliphatic heterocycles. The molecule has 2 aliphatic rings. The van der Waals surface area contributed by atoms with E-state index in [4.69, 9.17) is 5.73 Å². The van der Waals surface area contributed by atoms with Gasteiger partial charge in [-0.25, -0.2) is 8.42 Å². The molecule has 1 aromatic carbocycles. The number of benzene rings is 1. The van der Waals surface area contributed by atoms with Crippen LogP contribution in [-0.4, -0.2) is 61.4 Å². The van der Waals surface area contributed by atoms with Gasteiger partial charge in [-0.1, -0.05) is 30.3 Å². The Balaban J connectivity index is 0.00000225. The van der Waals surface area contributed by atoms with Gasteiger partial charge >= 0.3 is 0 Å². The van der Waals surface area contributed by atoms with Gasteiger partial charge < -0.3 is 10.6 Å². The second-order valence-corrected chi connectivity index (χ2v) is 10.2. The van der Waals surface area contributed by atoms with Crippen LogP contribution in [0.4, 0.5) is 0 Å². The monoisotopic (exact) mass is 404 g/mol. The van der Waals surface area contributed by atoms with E-state index < -0.39 is 9.84 Å².